The van der Waals surface area contributed by atoms with E-state index in [0.717, 1.165) is 4.90 Å². The molecule has 4 aliphatic heterocycles. The molecule has 2 bridgehead atoms. The normalized spacial score (nSPS) is 24.2. The number of ether oxygens (including phenoxy) is 1. The lowest BCUT2D eigenvalue weighted by atomic mass is 9.93. The van der Waals surface area contributed by atoms with Crippen LogP contribution in [0.1, 0.15) is 115 Å². The van der Waals surface area contributed by atoms with Crippen molar-refractivity contribution in [2.24, 2.45) is 17.6 Å². The van der Waals surface area contributed by atoms with Crippen LogP contribution in [0.15, 0.2) is 17.2 Å². The van der Waals surface area contributed by atoms with Gasteiger partial charge in [0, 0.05) is 110 Å². The molecule has 6 rings (SSSR count). The number of aliphatic hydroxyl groups excluding tert-OH is 3. The lowest BCUT2D eigenvalue weighted by Crippen LogP contribution is -2.62. The minimum Gasteiger partial charge on any atom is -0.610 e. The van der Waals surface area contributed by atoms with Crippen LogP contribution >= 0.6 is 11.8 Å². The third-order valence-corrected chi connectivity index (χ3v) is 19.1. The van der Waals surface area contributed by atoms with Gasteiger partial charge in [0.25, 0.3) is 0 Å². The van der Waals surface area contributed by atoms with Crippen molar-refractivity contribution in [3.8, 4) is 5.75 Å². The molecule has 2 aromatic rings. The number of hydrogen-bond acceptors (Lipinski definition) is 19. The van der Waals surface area contributed by atoms with Gasteiger partial charge in [-0.15, -0.1) is 0 Å². The van der Waals surface area contributed by atoms with Crippen molar-refractivity contribution < 1.29 is 86.9 Å². The monoisotopic (exact) mass is 1330 g/mol. The summed E-state index contributed by atoms with van der Waals surface area (Å²) in [6.45, 7) is 2.70. The molecule has 508 valence electrons. The van der Waals surface area contributed by atoms with Gasteiger partial charge in [-0.25, -0.2) is 0 Å². The zero-order valence-electron chi connectivity index (χ0n) is 52.2. The number of primary amides is 1. The Morgan fingerprint density at radius 2 is 1.45 bits per heavy atom. The highest BCUT2D eigenvalue weighted by atomic mass is 32.2. The number of aromatic amines is 1. The van der Waals surface area contributed by atoms with Gasteiger partial charge in [0.2, 0.25) is 81.8 Å². The minimum atomic E-state index is -2.47. The van der Waals surface area contributed by atoms with Crippen molar-refractivity contribution in [3.63, 3.8) is 0 Å². The molecule has 33 heteroatoms. The standard InChI is InChI=1S/C59H87N13O18S2/c1-5-31(2)50-56(86)64-25-46(79)65-39-30-92(89)58-35(34-14-15-42(90-4)36(52(34)70-58)29-91-21-19-62-45(78)12-8-6-10-18-61-44(77)13-9-7-11-20-71-48(81)16-17-49(71)82)23-37(53(83)63-26-47(80)68-50)66-57(87)51(32(3)41(75)28-73)69-55(85)40-22-33(74)27-72(40)59(88)38(24-43(60)76)67-54(39)84/h14-15,31-33,37-41,50-51,70,73-75H,5-13,16-30H2,1-4H3,(H2,60,76)(H,61,77)(H,62,78)(H,63,83)(H,64,86)(H,65,79)(H,66,87)(H,67,84)(H,68,80)(H,69,85)/t31-,32-,33+,37-,38-,39-,40-,41-,50-,51-,92?/m0/s1. The predicted octanol–water partition coefficient (Wildman–Crippen LogP) is -3.88. The smallest absolute Gasteiger partial charge is 0.248 e. The minimum absolute atomic E-state index is 0.0875. The number of imide groups is 1. The van der Waals surface area contributed by atoms with Crippen molar-refractivity contribution in [1.82, 2.24) is 62.6 Å². The summed E-state index contributed by atoms with van der Waals surface area (Å²) in [7, 11) is 1.41. The second kappa shape index (κ2) is 35.4. The number of fused-ring (bicyclic) bond motifs is 5. The number of thioether (sulfide) groups is 1. The fourth-order valence-electron chi connectivity index (χ4n) is 11.2. The topological polar surface area (TPSA) is 471 Å². The highest BCUT2D eigenvalue weighted by Crippen LogP contribution is 2.37. The maximum atomic E-state index is 15.3. The molecule has 4 aliphatic rings. The first-order valence-electron chi connectivity index (χ1n) is 31.0. The maximum absolute atomic E-state index is 15.3. The third kappa shape index (κ3) is 20.5. The van der Waals surface area contributed by atoms with Crippen LogP contribution < -0.4 is 58.3 Å². The summed E-state index contributed by atoms with van der Waals surface area (Å²) in [5.74, 6) is -11.8. The van der Waals surface area contributed by atoms with Crippen LogP contribution in [-0.2, 0) is 85.7 Å². The van der Waals surface area contributed by atoms with E-state index >= 15 is 4.55 Å². The summed E-state index contributed by atoms with van der Waals surface area (Å²) in [5.41, 5.74) is 6.47. The van der Waals surface area contributed by atoms with Gasteiger partial charge >= 0.3 is 0 Å². The Kier molecular flexibility index (Phi) is 28.3. The van der Waals surface area contributed by atoms with Crippen LogP contribution in [0.4, 0.5) is 0 Å². The van der Waals surface area contributed by atoms with Gasteiger partial charge < -0.3 is 88.1 Å². The van der Waals surface area contributed by atoms with E-state index in [1.54, 1.807) is 26.0 Å². The lowest BCUT2D eigenvalue weighted by molar-refractivity contribution is -0.144. The first-order valence-corrected chi connectivity index (χ1v) is 33.5. The summed E-state index contributed by atoms with van der Waals surface area (Å²) >= 11 is -1.09. The van der Waals surface area contributed by atoms with Crippen molar-refractivity contribution in [3.05, 3.63) is 23.3 Å². The summed E-state index contributed by atoms with van der Waals surface area (Å²) in [6, 6.07) is -7.07. The van der Waals surface area contributed by atoms with Crippen molar-refractivity contribution in [2.45, 2.75) is 170 Å². The van der Waals surface area contributed by atoms with E-state index < -0.39 is 176 Å². The number of H-pyrrole nitrogens is 1. The Morgan fingerprint density at radius 1 is 0.793 bits per heavy atom. The number of carbonyl (C=O) groups excluding carboxylic acids is 13. The Balaban J connectivity index is 1.28. The average molecular weight is 1330 g/mol. The van der Waals surface area contributed by atoms with Gasteiger partial charge in [-0.05, 0) is 43.7 Å². The number of nitrogens with two attached hydrogens (primary N) is 1. The molecule has 11 atom stereocenters. The largest absolute Gasteiger partial charge is 0.610 e. The zero-order chi connectivity index (χ0) is 67.3. The maximum Gasteiger partial charge on any atom is 0.248 e. The number of amides is 13. The van der Waals surface area contributed by atoms with Crippen molar-refractivity contribution >= 4 is 111 Å². The number of nitrogens with zero attached hydrogens (tertiary/aromatic N) is 2. The van der Waals surface area contributed by atoms with E-state index in [4.69, 9.17) is 10.5 Å². The first kappa shape index (κ1) is 73.5. The van der Waals surface area contributed by atoms with Crippen LogP contribution in [-0.4, -0.2) is 224 Å². The highest BCUT2D eigenvalue weighted by molar-refractivity contribution is 7.98. The number of aliphatic hydroxyl groups is 3. The molecule has 1 aromatic heterocycles. The lowest BCUT2D eigenvalue weighted by Gasteiger charge is -2.32. The SMILES string of the molecule is CC[C@H](C)[C@@H]1NC(=O)CNC(=O)[C@@H]2Cc3c([nH]c4c(CSCCNC(=O)CCCCCNC(=O)CCCCCN5C(=O)CCC5=O)c(OC)ccc34)[S+]([O-])C[C@H](NC(=O)CNC1=O)C(=O)N[C@@H](CC(N)=O)C(=O)N1C[C@H](O)C[C@H]1C(=O)N[C@@H]([C@@H](C)[C@@H](O)CO)C(=O)N2. The second-order valence-corrected chi connectivity index (χ2v) is 25.9. The Morgan fingerprint density at radius 3 is 2.10 bits per heavy atom. The highest BCUT2D eigenvalue weighted by Gasteiger charge is 2.46. The number of aromatic nitrogens is 1. The van der Waals surface area contributed by atoms with Crippen molar-refractivity contribution in [2.75, 3.05) is 64.5 Å². The number of carbonyl (C=O) groups is 13. The van der Waals surface area contributed by atoms with Crippen molar-refractivity contribution in [1.29, 1.82) is 0 Å². The average Bonchev–Trinajstić information content (AvgIpc) is 1.63. The number of methoxy groups -OCH3 is 1. The van der Waals surface area contributed by atoms with Gasteiger partial charge in [0.05, 0.1) is 51.0 Å². The number of benzene rings is 1. The second-order valence-electron chi connectivity index (χ2n) is 23.4. The molecular formula is C59H87N13O18S2. The molecule has 1 unspecified atom stereocenters. The summed E-state index contributed by atoms with van der Waals surface area (Å²) in [5, 5.41) is 55.3. The van der Waals surface area contributed by atoms with Gasteiger partial charge in [0.15, 0.2) is 6.04 Å². The van der Waals surface area contributed by atoms with E-state index in [-0.39, 0.29) is 65.8 Å². The molecule has 15 N–H and O–H groups in total. The molecule has 1 aromatic carbocycles. The molecule has 13 amide bonds. The third-order valence-electron chi connectivity index (χ3n) is 16.7. The molecule has 0 saturated carbocycles. The summed E-state index contributed by atoms with van der Waals surface area (Å²) < 4.78 is 21.1. The van der Waals surface area contributed by atoms with Crippen LogP contribution in [0, 0.1) is 11.8 Å². The molecule has 92 heavy (non-hydrogen) atoms. The van der Waals surface area contributed by atoms with Crippen LogP contribution in [0.2, 0.25) is 0 Å². The van der Waals surface area contributed by atoms with Gasteiger partial charge in [-0.2, -0.15) is 11.8 Å². The number of nitrogens with one attached hydrogen (secondary N) is 10. The fourth-order valence-corrected chi connectivity index (χ4v) is 13.5. The zero-order valence-corrected chi connectivity index (χ0v) is 53.8. The molecule has 0 spiro atoms. The molecule has 0 radical (unpaired) electrons. The molecule has 5 heterocycles. The van der Waals surface area contributed by atoms with Gasteiger partial charge in [-0.3, -0.25) is 67.2 Å². The molecule has 31 nitrogen and oxygen atoms in total. The Bertz CT molecular complexity index is 3030. The van der Waals surface area contributed by atoms with E-state index in [1.165, 1.54) is 30.7 Å². The number of likely N-dealkylation sites (tertiary alicyclic amines) is 1. The number of unbranched alkanes of at least 4 members (excludes halogenated alkanes) is 4. The quantitative estimate of drug-likeness (QED) is 0.0257. The van der Waals surface area contributed by atoms with Crippen LogP contribution in [0.25, 0.3) is 10.9 Å². The summed E-state index contributed by atoms with van der Waals surface area (Å²) in [6.07, 6.45) is 0.319. The van der Waals surface area contributed by atoms with E-state index in [1.807, 2.05) is 0 Å². The van der Waals surface area contributed by atoms with Crippen LogP contribution in [0.5, 0.6) is 5.75 Å². The van der Waals surface area contributed by atoms with Gasteiger partial charge in [-0.1, -0.05) is 40.0 Å². The Hall–Kier alpha value is -7.59. The Labute approximate surface area is 539 Å². The molecule has 2 saturated heterocycles. The molecular weight excluding hydrogens is 1240 g/mol. The fraction of sp³-hybridized carbons (Fsp3) is 0.644. The number of rotatable bonds is 25. The predicted molar refractivity (Wildman–Crippen MR) is 332 cm³/mol. The van der Waals surface area contributed by atoms with Gasteiger partial charge in [0.1, 0.15) is 41.7 Å². The summed E-state index contributed by atoms with van der Waals surface area (Å²) in [4.78, 5) is 181. The van der Waals surface area contributed by atoms with Crippen LogP contribution in [0.3, 0.4) is 0 Å². The molecule has 2 fully saturated rings. The van der Waals surface area contributed by atoms with E-state index in [2.05, 4.69) is 52.8 Å². The molecule has 0 aliphatic carbocycles. The number of hydrogen-bond donors (Lipinski definition) is 14. The first-order chi connectivity index (χ1) is 43.8. The van der Waals surface area contributed by atoms with E-state index in [9.17, 15) is 77.6 Å². The van der Waals surface area contributed by atoms with E-state index in [0.29, 0.717) is 92.4 Å².